The summed E-state index contributed by atoms with van der Waals surface area (Å²) in [7, 11) is 1.92. The summed E-state index contributed by atoms with van der Waals surface area (Å²) in [6, 6.07) is 0.356. The molecule has 0 saturated heterocycles. The Morgan fingerprint density at radius 2 is 2.19 bits per heavy atom. The molecule has 0 bridgehead atoms. The van der Waals surface area contributed by atoms with Crippen LogP contribution in [0.15, 0.2) is 0 Å². The molecular weight excluding hydrogens is 200 g/mol. The average molecular weight is 226 g/mol. The van der Waals surface area contributed by atoms with Crippen LogP contribution in [0, 0.1) is 11.8 Å². The van der Waals surface area contributed by atoms with Crippen molar-refractivity contribution in [3.05, 3.63) is 0 Å². The zero-order valence-corrected chi connectivity index (χ0v) is 10.9. The van der Waals surface area contributed by atoms with Crippen LogP contribution in [0.5, 0.6) is 0 Å². The van der Waals surface area contributed by atoms with Gasteiger partial charge in [0.05, 0.1) is 0 Å². The van der Waals surface area contributed by atoms with Gasteiger partial charge in [0.25, 0.3) is 0 Å². The molecule has 3 heteroatoms. The molecule has 1 saturated carbocycles. The summed E-state index contributed by atoms with van der Waals surface area (Å²) in [5.41, 5.74) is 0. The lowest BCUT2D eigenvalue weighted by Gasteiger charge is -2.26. The summed E-state index contributed by atoms with van der Waals surface area (Å²) >= 11 is 0. The SMILES string of the molecule is CNC(C)CNC(=O)CC1CCCC(C)C1. The Hall–Kier alpha value is -0.570. The van der Waals surface area contributed by atoms with Crippen LogP contribution in [0.25, 0.3) is 0 Å². The van der Waals surface area contributed by atoms with Crippen LogP contribution in [-0.4, -0.2) is 25.5 Å². The molecule has 1 aliphatic carbocycles. The highest BCUT2D eigenvalue weighted by molar-refractivity contribution is 5.76. The number of hydrogen-bond donors (Lipinski definition) is 2. The van der Waals surface area contributed by atoms with Crippen molar-refractivity contribution in [2.45, 2.75) is 52.0 Å². The molecule has 0 radical (unpaired) electrons. The highest BCUT2D eigenvalue weighted by Gasteiger charge is 2.21. The second kappa shape index (κ2) is 6.89. The lowest BCUT2D eigenvalue weighted by molar-refractivity contribution is -0.122. The van der Waals surface area contributed by atoms with E-state index in [0.717, 1.165) is 18.9 Å². The number of amides is 1. The first-order valence-electron chi connectivity index (χ1n) is 6.55. The van der Waals surface area contributed by atoms with Gasteiger partial charge in [0.15, 0.2) is 0 Å². The number of carbonyl (C=O) groups is 1. The molecule has 0 aliphatic heterocycles. The van der Waals surface area contributed by atoms with E-state index in [1.165, 1.54) is 25.7 Å². The predicted octanol–water partition coefficient (Wildman–Crippen LogP) is 1.93. The van der Waals surface area contributed by atoms with Crippen molar-refractivity contribution >= 4 is 5.91 Å². The Bertz CT molecular complexity index is 218. The third kappa shape index (κ3) is 4.97. The van der Waals surface area contributed by atoms with Crippen LogP contribution in [0.1, 0.15) is 46.0 Å². The van der Waals surface area contributed by atoms with Gasteiger partial charge >= 0.3 is 0 Å². The molecule has 1 amide bonds. The maximum Gasteiger partial charge on any atom is 0.220 e. The third-order valence-corrected chi connectivity index (χ3v) is 3.62. The molecule has 16 heavy (non-hydrogen) atoms. The van der Waals surface area contributed by atoms with Crippen LogP contribution < -0.4 is 10.6 Å². The van der Waals surface area contributed by atoms with Crippen molar-refractivity contribution in [3.63, 3.8) is 0 Å². The number of likely N-dealkylation sites (N-methyl/N-ethyl adjacent to an activating group) is 1. The minimum absolute atomic E-state index is 0.223. The van der Waals surface area contributed by atoms with Crippen LogP contribution >= 0.6 is 0 Å². The van der Waals surface area contributed by atoms with Crippen LogP contribution in [0.4, 0.5) is 0 Å². The van der Waals surface area contributed by atoms with E-state index in [9.17, 15) is 4.79 Å². The van der Waals surface area contributed by atoms with Crippen molar-refractivity contribution in [1.82, 2.24) is 10.6 Å². The predicted molar refractivity (Wildman–Crippen MR) is 67.3 cm³/mol. The van der Waals surface area contributed by atoms with Gasteiger partial charge in [0.2, 0.25) is 5.91 Å². The number of rotatable bonds is 5. The first kappa shape index (κ1) is 13.5. The van der Waals surface area contributed by atoms with E-state index in [-0.39, 0.29) is 5.91 Å². The molecule has 1 fully saturated rings. The molecule has 1 rings (SSSR count). The number of carbonyl (C=O) groups excluding carboxylic acids is 1. The van der Waals surface area contributed by atoms with Crippen molar-refractivity contribution in [2.75, 3.05) is 13.6 Å². The Kier molecular flexibility index (Phi) is 5.81. The summed E-state index contributed by atoms with van der Waals surface area (Å²) in [6.45, 7) is 5.10. The van der Waals surface area contributed by atoms with Crippen LogP contribution in [0.3, 0.4) is 0 Å². The average Bonchev–Trinajstić information content (AvgIpc) is 2.26. The van der Waals surface area contributed by atoms with Gasteiger partial charge in [-0.2, -0.15) is 0 Å². The normalized spacial score (nSPS) is 27.4. The van der Waals surface area contributed by atoms with E-state index in [1.54, 1.807) is 0 Å². The van der Waals surface area contributed by atoms with E-state index < -0.39 is 0 Å². The summed E-state index contributed by atoms with van der Waals surface area (Å²) in [5, 5.41) is 6.11. The van der Waals surface area contributed by atoms with E-state index >= 15 is 0 Å². The molecule has 0 aromatic rings. The molecule has 3 unspecified atom stereocenters. The second-order valence-corrected chi connectivity index (χ2v) is 5.34. The quantitative estimate of drug-likeness (QED) is 0.752. The molecule has 3 nitrogen and oxygen atoms in total. The van der Waals surface area contributed by atoms with Gasteiger partial charge in [-0.3, -0.25) is 4.79 Å². The zero-order valence-electron chi connectivity index (χ0n) is 10.9. The first-order valence-corrected chi connectivity index (χ1v) is 6.55. The standard InChI is InChI=1S/C13H26N2O/c1-10-5-4-6-12(7-10)8-13(16)15-9-11(2)14-3/h10-12,14H,4-9H2,1-3H3,(H,15,16). The molecular formula is C13H26N2O. The van der Waals surface area contributed by atoms with Crippen molar-refractivity contribution in [1.29, 1.82) is 0 Å². The summed E-state index contributed by atoms with van der Waals surface area (Å²) < 4.78 is 0. The monoisotopic (exact) mass is 226 g/mol. The lowest BCUT2D eigenvalue weighted by atomic mass is 9.81. The Balaban J connectivity index is 2.18. The molecule has 0 spiro atoms. The molecule has 0 aromatic carbocycles. The minimum Gasteiger partial charge on any atom is -0.355 e. The van der Waals surface area contributed by atoms with Crippen LogP contribution in [0.2, 0.25) is 0 Å². The van der Waals surface area contributed by atoms with Crippen LogP contribution in [-0.2, 0) is 4.79 Å². The molecule has 2 N–H and O–H groups in total. The molecule has 3 atom stereocenters. The third-order valence-electron chi connectivity index (χ3n) is 3.62. The Morgan fingerprint density at radius 3 is 2.81 bits per heavy atom. The van der Waals surface area contributed by atoms with Gasteiger partial charge in [-0.15, -0.1) is 0 Å². The van der Waals surface area contributed by atoms with E-state index in [0.29, 0.717) is 12.0 Å². The van der Waals surface area contributed by atoms with Gasteiger partial charge in [0.1, 0.15) is 0 Å². The fourth-order valence-electron chi connectivity index (χ4n) is 2.45. The highest BCUT2D eigenvalue weighted by atomic mass is 16.1. The fourth-order valence-corrected chi connectivity index (χ4v) is 2.45. The summed E-state index contributed by atoms with van der Waals surface area (Å²) in [5.74, 6) is 1.65. The molecule has 94 valence electrons. The molecule has 0 aromatic heterocycles. The minimum atomic E-state index is 0.223. The smallest absolute Gasteiger partial charge is 0.220 e. The fraction of sp³-hybridized carbons (Fsp3) is 0.923. The topological polar surface area (TPSA) is 41.1 Å². The van der Waals surface area contributed by atoms with Gasteiger partial charge in [0, 0.05) is 19.0 Å². The van der Waals surface area contributed by atoms with Crippen molar-refractivity contribution in [3.8, 4) is 0 Å². The Labute approximate surface area is 99.4 Å². The van der Waals surface area contributed by atoms with E-state index in [4.69, 9.17) is 0 Å². The number of hydrogen-bond acceptors (Lipinski definition) is 2. The molecule has 1 aliphatic rings. The number of nitrogens with one attached hydrogen (secondary N) is 2. The van der Waals surface area contributed by atoms with Gasteiger partial charge in [-0.05, 0) is 38.6 Å². The Morgan fingerprint density at radius 1 is 1.44 bits per heavy atom. The molecule has 0 heterocycles. The van der Waals surface area contributed by atoms with Crippen molar-refractivity contribution < 1.29 is 4.79 Å². The summed E-state index contributed by atoms with van der Waals surface area (Å²) in [6.07, 6.45) is 5.83. The van der Waals surface area contributed by atoms with Crippen molar-refractivity contribution in [2.24, 2.45) is 11.8 Å². The van der Waals surface area contributed by atoms with E-state index in [1.807, 2.05) is 7.05 Å². The largest absolute Gasteiger partial charge is 0.355 e. The maximum absolute atomic E-state index is 11.7. The summed E-state index contributed by atoms with van der Waals surface area (Å²) in [4.78, 5) is 11.7. The second-order valence-electron chi connectivity index (χ2n) is 5.34. The van der Waals surface area contributed by atoms with E-state index in [2.05, 4.69) is 24.5 Å². The van der Waals surface area contributed by atoms with Gasteiger partial charge in [-0.1, -0.05) is 19.8 Å². The maximum atomic E-state index is 11.7. The van der Waals surface area contributed by atoms with Gasteiger partial charge < -0.3 is 10.6 Å². The first-order chi connectivity index (χ1) is 7.61. The zero-order chi connectivity index (χ0) is 12.0. The highest BCUT2D eigenvalue weighted by Crippen LogP contribution is 2.30. The lowest BCUT2D eigenvalue weighted by Crippen LogP contribution is -2.38. The van der Waals surface area contributed by atoms with Gasteiger partial charge in [-0.25, -0.2) is 0 Å².